The number of carbonyl (C=O) groups is 2. The number of nitrogens with one attached hydrogen (secondary N) is 1. The van der Waals surface area contributed by atoms with Gasteiger partial charge in [0.2, 0.25) is 0 Å². The Bertz CT molecular complexity index is 816. The van der Waals surface area contributed by atoms with Crippen molar-refractivity contribution in [2.45, 2.75) is 26.2 Å². The Kier molecular flexibility index (Phi) is 4.62. The van der Waals surface area contributed by atoms with E-state index in [0.29, 0.717) is 10.6 Å². The molecule has 2 aromatic rings. The number of carbonyl (C=O) groups excluding carboxylic acids is 2. The normalized spacial score (nSPS) is 12.8. The van der Waals surface area contributed by atoms with Crippen LogP contribution in [0, 0.1) is 11.6 Å². The highest BCUT2D eigenvalue weighted by Gasteiger charge is 2.28. The van der Waals surface area contributed by atoms with Gasteiger partial charge in [0.15, 0.2) is 0 Å². The van der Waals surface area contributed by atoms with E-state index in [2.05, 4.69) is 5.32 Å². The first kappa shape index (κ1) is 16.6. The van der Waals surface area contributed by atoms with Crippen molar-refractivity contribution >= 4 is 28.2 Å². The van der Waals surface area contributed by atoms with Crippen molar-refractivity contribution in [3.8, 4) is 0 Å². The summed E-state index contributed by atoms with van der Waals surface area (Å²) < 4.78 is 32.1. The lowest BCUT2D eigenvalue weighted by atomic mass is 10.1. The van der Waals surface area contributed by atoms with Crippen molar-refractivity contribution in [2.75, 3.05) is 11.9 Å². The molecule has 126 valence electrons. The molecule has 0 radical (unpaired) electrons. The molecule has 1 heterocycles. The Morgan fingerprint density at radius 2 is 2.08 bits per heavy atom. The minimum atomic E-state index is -0.823. The fourth-order valence-electron chi connectivity index (χ4n) is 2.75. The Morgan fingerprint density at radius 3 is 2.83 bits per heavy atom. The van der Waals surface area contributed by atoms with Gasteiger partial charge in [0.05, 0.1) is 17.7 Å². The highest BCUT2D eigenvalue weighted by molar-refractivity contribution is 7.17. The van der Waals surface area contributed by atoms with Gasteiger partial charge in [-0.25, -0.2) is 13.6 Å². The Labute approximate surface area is 141 Å². The van der Waals surface area contributed by atoms with Crippen LogP contribution in [0.1, 0.15) is 44.5 Å². The molecule has 1 aromatic carbocycles. The van der Waals surface area contributed by atoms with Gasteiger partial charge >= 0.3 is 5.97 Å². The predicted molar refractivity (Wildman–Crippen MR) is 86.6 cm³/mol. The third-order valence-electron chi connectivity index (χ3n) is 3.80. The number of aryl methyl sites for hydroxylation is 1. The van der Waals surface area contributed by atoms with E-state index in [0.717, 1.165) is 47.9 Å². The molecule has 0 saturated heterocycles. The molecule has 0 saturated carbocycles. The lowest BCUT2D eigenvalue weighted by molar-refractivity contribution is 0.0527. The second kappa shape index (κ2) is 6.68. The fourth-order valence-corrected chi connectivity index (χ4v) is 4.03. The Morgan fingerprint density at radius 1 is 1.29 bits per heavy atom. The van der Waals surface area contributed by atoms with Gasteiger partial charge in [-0.1, -0.05) is 0 Å². The van der Waals surface area contributed by atoms with Crippen molar-refractivity contribution < 1.29 is 23.1 Å². The van der Waals surface area contributed by atoms with Crippen LogP contribution in [0.3, 0.4) is 0 Å². The number of ether oxygens (including phenoxy) is 1. The maximum Gasteiger partial charge on any atom is 0.341 e. The molecule has 7 heteroatoms. The summed E-state index contributed by atoms with van der Waals surface area (Å²) in [4.78, 5) is 25.5. The predicted octanol–water partition coefficient (Wildman–Crippen LogP) is 3.94. The molecule has 4 nitrogen and oxygen atoms in total. The minimum absolute atomic E-state index is 0.218. The van der Waals surface area contributed by atoms with E-state index < -0.39 is 29.1 Å². The number of halogens is 2. The fraction of sp³-hybridized carbons (Fsp3) is 0.294. The van der Waals surface area contributed by atoms with Gasteiger partial charge in [-0.05, 0) is 49.9 Å². The first-order chi connectivity index (χ1) is 11.5. The third-order valence-corrected chi connectivity index (χ3v) is 5.01. The lowest BCUT2D eigenvalue weighted by Crippen LogP contribution is -2.16. The average Bonchev–Trinajstić information content (AvgIpc) is 3.10. The number of amides is 1. The smallest absolute Gasteiger partial charge is 0.341 e. The Hall–Kier alpha value is -2.28. The van der Waals surface area contributed by atoms with Crippen LogP contribution in [0.5, 0.6) is 0 Å². The molecule has 0 atom stereocenters. The number of hydrogen-bond donors (Lipinski definition) is 1. The number of rotatable bonds is 4. The van der Waals surface area contributed by atoms with E-state index in [9.17, 15) is 18.4 Å². The van der Waals surface area contributed by atoms with Crippen LogP contribution in [-0.2, 0) is 17.6 Å². The number of fused-ring (bicyclic) bond motifs is 1. The van der Waals surface area contributed by atoms with Gasteiger partial charge in [0.1, 0.15) is 16.6 Å². The maximum atomic E-state index is 13.7. The van der Waals surface area contributed by atoms with Gasteiger partial charge in [-0.2, -0.15) is 0 Å². The SMILES string of the molecule is CCOC(=O)c1c(NC(=O)c2cc(F)ccc2F)sc2c1CCC2. The molecule has 0 spiro atoms. The van der Waals surface area contributed by atoms with Crippen LogP contribution in [0.15, 0.2) is 18.2 Å². The second-order valence-electron chi connectivity index (χ2n) is 5.36. The van der Waals surface area contributed by atoms with Crippen molar-refractivity contribution in [3.63, 3.8) is 0 Å². The molecular formula is C17H15F2NO3S. The molecule has 1 aliphatic rings. The number of hydrogen-bond acceptors (Lipinski definition) is 4. The van der Waals surface area contributed by atoms with Gasteiger partial charge in [-0.15, -0.1) is 11.3 Å². The zero-order valence-corrected chi connectivity index (χ0v) is 13.8. The molecule has 0 fully saturated rings. The number of esters is 1. The highest BCUT2D eigenvalue weighted by Crippen LogP contribution is 2.39. The van der Waals surface area contributed by atoms with Crippen molar-refractivity contribution in [1.29, 1.82) is 0 Å². The van der Waals surface area contributed by atoms with Crippen LogP contribution in [-0.4, -0.2) is 18.5 Å². The summed E-state index contributed by atoms with van der Waals surface area (Å²) in [6.07, 6.45) is 2.51. The van der Waals surface area contributed by atoms with E-state index >= 15 is 0 Å². The molecule has 1 aromatic heterocycles. The zero-order chi connectivity index (χ0) is 17.3. The first-order valence-corrected chi connectivity index (χ1v) is 8.41. The van der Waals surface area contributed by atoms with E-state index in [1.807, 2.05) is 0 Å². The van der Waals surface area contributed by atoms with E-state index in [-0.39, 0.29) is 6.61 Å². The summed E-state index contributed by atoms with van der Waals surface area (Å²) in [7, 11) is 0. The number of thiophene rings is 1. The summed E-state index contributed by atoms with van der Waals surface area (Å²) in [5.41, 5.74) is 0.811. The summed E-state index contributed by atoms with van der Waals surface area (Å²) >= 11 is 1.29. The number of benzene rings is 1. The quantitative estimate of drug-likeness (QED) is 0.849. The standard InChI is InChI=1S/C17H15F2NO3S/c1-2-23-17(22)14-10-4-3-5-13(10)24-16(14)20-15(21)11-8-9(18)6-7-12(11)19/h6-8H,2-5H2,1H3,(H,20,21). The molecule has 1 amide bonds. The topological polar surface area (TPSA) is 55.4 Å². The molecule has 0 aliphatic heterocycles. The summed E-state index contributed by atoms with van der Waals surface area (Å²) in [5, 5.41) is 2.86. The monoisotopic (exact) mass is 351 g/mol. The molecular weight excluding hydrogens is 336 g/mol. The molecule has 1 aliphatic carbocycles. The van der Waals surface area contributed by atoms with Gasteiger partial charge in [0.25, 0.3) is 5.91 Å². The van der Waals surface area contributed by atoms with Crippen molar-refractivity contribution in [3.05, 3.63) is 51.4 Å². The zero-order valence-electron chi connectivity index (χ0n) is 12.9. The van der Waals surface area contributed by atoms with E-state index in [1.54, 1.807) is 6.92 Å². The molecule has 0 unspecified atom stereocenters. The summed E-state index contributed by atoms with van der Waals surface area (Å²) in [6, 6.07) is 2.66. The molecule has 24 heavy (non-hydrogen) atoms. The second-order valence-corrected chi connectivity index (χ2v) is 6.47. The van der Waals surface area contributed by atoms with Crippen molar-refractivity contribution in [2.24, 2.45) is 0 Å². The van der Waals surface area contributed by atoms with E-state index in [1.165, 1.54) is 11.3 Å². The van der Waals surface area contributed by atoms with Gasteiger partial charge < -0.3 is 10.1 Å². The molecule has 1 N–H and O–H groups in total. The summed E-state index contributed by atoms with van der Waals surface area (Å²) in [5.74, 6) is -2.83. The minimum Gasteiger partial charge on any atom is -0.462 e. The van der Waals surface area contributed by atoms with Gasteiger partial charge in [0, 0.05) is 4.88 Å². The van der Waals surface area contributed by atoms with Gasteiger partial charge in [-0.3, -0.25) is 4.79 Å². The lowest BCUT2D eigenvalue weighted by Gasteiger charge is -2.08. The first-order valence-electron chi connectivity index (χ1n) is 7.59. The Balaban J connectivity index is 1.94. The third kappa shape index (κ3) is 3.03. The van der Waals surface area contributed by atoms with E-state index in [4.69, 9.17) is 4.74 Å². The maximum absolute atomic E-state index is 13.7. The number of anilines is 1. The molecule has 0 bridgehead atoms. The van der Waals surface area contributed by atoms with Crippen molar-refractivity contribution in [1.82, 2.24) is 0 Å². The molecule has 3 rings (SSSR count). The van der Waals surface area contributed by atoms with Crippen LogP contribution < -0.4 is 5.32 Å². The van der Waals surface area contributed by atoms with Crippen LogP contribution in [0.25, 0.3) is 0 Å². The summed E-state index contributed by atoms with van der Waals surface area (Å²) in [6.45, 7) is 1.92. The largest absolute Gasteiger partial charge is 0.462 e. The van der Waals surface area contributed by atoms with Crippen LogP contribution in [0.4, 0.5) is 13.8 Å². The highest BCUT2D eigenvalue weighted by atomic mass is 32.1. The van der Waals surface area contributed by atoms with Crippen LogP contribution >= 0.6 is 11.3 Å². The van der Waals surface area contributed by atoms with Crippen LogP contribution in [0.2, 0.25) is 0 Å². The average molecular weight is 351 g/mol.